The number of hydrogen-bond acceptors (Lipinski definition) is 13. The number of rotatable bonds is 12. The second-order valence-corrected chi connectivity index (χ2v) is 21.0. The standard InChI is InChI=1S/C49H55ClN8O9S/c1-49(2)14-10-34(41(27-49)32-4-6-35(50)7-5-32)29-55-18-20-56(21-19-55)37-8-9-40(43(24-37)67-38-23-33-11-15-51-46(33)52-28-38)47(59)54-68(63,64)39-25-42(58(61)62)45-44(26-39)66-30-36(53-45)22-31-12-16-57(17-13-31)48(60)65-3/h4-9,11,15,23-26,28,31,36,53H,10,12-14,16-22,27,29-30H2,1-3H3,(H,51,52)(H,54,59)/t36-/m1/s1. The minimum Gasteiger partial charge on any atom is -0.489 e. The first-order valence-corrected chi connectivity index (χ1v) is 24.8. The molecule has 0 saturated carbocycles. The molecule has 2 saturated heterocycles. The van der Waals surface area contributed by atoms with Crippen LogP contribution in [0.4, 0.5) is 21.9 Å². The summed E-state index contributed by atoms with van der Waals surface area (Å²) >= 11 is 6.25. The van der Waals surface area contributed by atoms with Gasteiger partial charge in [0, 0.05) is 86.3 Å². The Morgan fingerprint density at radius 3 is 2.51 bits per heavy atom. The zero-order valence-corrected chi connectivity index (χ0v) is 39.8. The van der Waals surface area contributed by atoms with Gasteiger partial charge in [-0.25, -0.2) is 22.9 Å². The number of allylic oxidation sites excluding steroid dienone is 1. The monoisotopic (exact) mass is 966 g/mol. The molecule has 17 nitrogen and oxygen atoms in total. The molecule has 0 unspecified atom stereocenters. The summed E-state index contributed by atoms with van der Waals surface area (Å²) in [4.78, 5) is 51.1. The van der Waals surface area contributed by atoms with Crippen molar-refractivity contribution in [3.8, 4) is 17.2 Å². The van der Waals surface area contributed by atoms with Crippen molar-refractivity contribution in [3.63, 3.8) is 0 Å². The number of carbonyl (C=O) groups excluding carboxylic acids is 2. The lowest BCUT2D eigenvalue weighted by Crippen LogP contribution is -2.47. The number of amides is 2. The van der Waals surface area contributed by atoms with Crippen molar-refractivity contribution in [1.29, 1.82) is 0 Å². The third-order valence-corrected chi connectivity index (χ3v) is 15.1. The van der Waals surface area contributed by atoms with E-state index in [0.717, 1.165) is 73.9 Å². The topological polar surface area (TPSA) is 202 Å². The molecule has 358 valence electrons. The van der Waals surface area contributed by atoms with E-state index in [9.17, 15) is 28.1 Å². The molecule has 0 bridgehead atoms. The number of carbonyl (C=O) groups is 2. The predicted molar refractivity (Wildman–Crippen MR) is 259 cm³/mol. The van der Waals surface area contributed by atoms with Gasteiger partial charge in [0.1, 0.15) is 23.8 Å². The van der Waals surface area contributed by atoms with Crippen molar-refractivity contribution in [2.24, 2.45) is 11.3 Å². The molecule has 19 heteroatoms. The van der Waals surface area contributed by atoms with Gasteiger partial charge < -0.3 is 34.3 Å². The van der Waals surface area contributed by atoms with Crippen LogP contribution in [-0.4, -0.2) is 111 Å². The number of piperazine rings is 1. The van der Waals surface area contributed by atoms with Crippen molar-refractivity contribution >= 4 is 67.3 Å². The van der Waals surface area contributed by atoms with Crippen LogP contribution in [0.25, 0.3) is 16.6 Å². The smallest absolute Gasteiger partial charge is 0.409 e. The number of halogens is 1. The van der Waals surface area contributed by atoms with E-state index >= 15 is 0 Å². The van der Waals surface area contributed by atoms with Crippen LogP contribution in [0, 0.1) is 21.4 Å². The second kappa shape index (κ2) is 19.3. The van der Waals surface area contributed by atoms with Crippen molar-refractivity contribution in [2.75, 3.05) is 69.7 Å². The molecule has 1 aliphatic carbocycles. The number of hydrogen-bond donors (Lipinski definition) is 3. The van der Waals surface area contributed by atoms with Crippen molar-refractivity contribution < 1.29 is 37.1 Å². The quantitative estimate of drug-likeness (QED) is 0.0792. The Labute approximate surface area is 400 Å². The molecular weight excluding hydrogens is 912 g/mol. The Morgan fingerprint density at radius 1 is 1.01 bits per heavy atom. The predicted octanol–water partition coefficient (Wildman–Crippen LogP) is 8.86. The highest BCUT2D eigenvalue weighted by Gasteiger charge is 2.35. The molecule has 9 rings (SSSR count). The van der Waals surface area contributed by atoms with Crippen LogP contribution in [-0.2, 0) is 14.8 Å². The van der Waals surface area contributed by atoms with Crippen LogP contribution in [0.1, 0.15) is 68.3 Å². The molecular formula is C49H55ClN8O9S. The van der Waals surface area contributed by atoms with Gasteiger partial charge in [-0.3, -0.25) is 19.8 Å². The van der Waals surface area contributed by atoms with E-state index < -0.39 is 31.4 Å². The van der Waals surface area contributed by atoms with Gasteiger partial charge >= 0.3 is 6.09 Å². The number of ether oxygens (including phenoxy) is 3. The number of nitrogens with one attached hydrogen (secondary N) is 3. The zero-order chi connectivity index (χ0) is 47.7. The average molecular weight is 968 g/mol. The molecule has 4 aliphatic rings. The first kappa shape index (κ1) is 46.7. The Hall–Kier alpha value is -6.37. The molecule has 3 N–H and O–H groups in total. The first-order valence-electron chi connectivity index (χ1n) is 22.9. The number of methoxy groups -OCH3 is 1. The molecule has 0 spiro atoms. The second-order valence-electron chi connectivity index (χ2n) is 18.9. The van der Waals surface area contributed by atoms with Gasteiger partial charge in [-0.15, -0.1) is 0 Å². The number of aromatic amines is 1. The molecule has 2 amide bonds. The van der Waals surface area contributed by atoms with Crippen molar-refractivity contribution in [3.05, 3.63) is 111 Å². The molecule has 0 radical (unpaired) electrons. The van der Waals surface area contributed by atoms with Crippen molar-refractivity contribution in [1.82, 2.24) is 24.5 Å². The summed E-state index contributed by atoms with van der Waals surface area (Å²) in [5.41, 5.74) is 5.20. The fourth-order valence-electron chi connectivity index (χ4n) is 9.80. The lowest BCUT2D eigenvalue weighted by Gasteiger charge is -2.39. The van der Waals surface area contributed by atoms with Gasteiger partial charge in [0.2, 0.25) is 0 Å². The summed E-state index contributed by atoms with van der Waals surface area (Å²) in [6.45, 7) is 9.74. The van der Waals surface area contributed by atoms with Gasteiger partial charge in [0.15, 0.2) is 11.4 Å². The van der Waals surface area contributed by atoms with Crippen LogP contribution in [0.15, 0.2) is 89.6 Å². The Balaban J connectivity index is 0.916. The minimum atomic E-state index is -4.69. The van der Waals surface area contributed by atoms with Gasteiger partial charge in [0.05, 0.1) is 34.7 Å². The van der Waals surface area contributed by atoms with E-state index in [0.29, 0.717) is 44.0 Å². The van der Waals surface area contributed by atoms with Crippen LogP contribution in [0.5, 0.6) is 17.2 Å². The number of fused-ring (bicyclic) bond motifs is 2. The van der Waals surface area contributed by atoms with Crippen molar-refractivity contribution in [2.45, 2.75) is 63.3 Å². The summed E-state index contributed by atoms with van der Waals surface area (Å²) in [6.07, 6.45) is 8.14. The number of benzene rings is 3. The lowest BCUT2D eigenvalue weighted by atomic mass is 9.72. The van der Waals surface area contributed by atoms with E-state index in [1.165, 1.54) is 42.1 Å². The summed E-state index contributed by atoms with van der Waals surface area (Å²) in [5.74, 6) is -0.359. The number of likely N-dealkylation sites (tertiary alicyclic amines) is 1. The summed E-state index contributed by atoms with van der Waals surface area (Å²) < 4.78 is 47.2. The minimum absolute atomic E-state index is 0.0219. The average Bonchev–Trinajstić information content (AvgIpc) is 3.80. The van der Waals surface area contributed by atoms with Crippen LogP contribution in [0.3, 0.4) is 0 Å². The number of nitrogens with zero attached hydrogens (tertiary/aromatic N) is 5. The van der Waals surface area contributed by atoms with Gasteiger partial charge in [-0.2, -0.15) is 0 Å². The normalized spacial score (nSPS) is 18.9. The number of H-pyrrole nitrogens is 1. The number of nitro groups is 1. The van der Waals surface area contributed by atoms with E-state index in [2.05, 4.69) is 55.8 Å². The fourth-order valence-corrected chi connectivity index (χ4v) is 10.9. The third kappa shape index (κ3) is 10.4. The Bertz CT molecular complexity index is 2870. The van der Waals surface area contributed by atoms with Crippen LogP contribution < -0.4 is 24.4 Å². The highest BCUT2D eigenvalue weighted by molar-refractivity contribution is 7.90. The Morgan fingerprint density at radius 2 is 1.78 bits per heavy atom. The molecule has 2 aromatic heterocycles. The molecule has 68 heavy (non-hydrogen) atoms. The Kier molecular flexibility index (Phi) is 13.3. The van der Waals surface area contributed by atoms with Gasteiger partial charge in [0.25, 0.3) is 21.6 Å². The number of aromatic nitrogens is 2. The third-order valence-electron chi connectivity index (χ3n) is 13.6. The molecule has 5 aromatic rings. The summed E-state index contributed by atoms with van der Waals surface area (Å²) in [6, 6.07) is 18.6. The number of pyridine rings is 1. The first-order chi connectivity index (χ1) is 32.6. The number of sulfonamides is 1. The largest absolute Gasteiger partial charge is 0.489 e. The highest BCUT2D eigenvalue weighted by Crippen LogP contribution is 2.44. The van der Waals surface area contributed by atoms with E-state index in [1.54, 1.807) is 29.3 Å². The number of anilines is 2. The van der Waals surface area contributed by atoms with Crippen LogP contribution >= 0.6 is 11.6 Å². The maximum Gasteiger partial charge on any atom is 0.409 e. The summed E-state index contributed by atoms with van der Waals surface area (Å²) in [5, 5.41) is 17.1. The fraction of sp³-hybridized carbons (Fsp3) is 0.408. The summed E-state index contributed by atoms with van der Waals surface area (Å²) in [7, 11) is -3.34. The lowest BCUT2D eigenvalue weighted by molar-refractivity contribution is -0.384. The van der Waals surface area contributed by atoms with E-state index in [4.69, 9.17) is 25.8 Å². The molecule has 3 aliphatic heterocycles. The van der Waals surface area contributed by atoms with Gasteiger partial charge in [-0.05, 0) is 97.4 Å². The van der Waals surface area contributed by atoms with E-state index in [-0.39, 0.29) is 52.8 Å². The highest BCUT2D eigenvalue weighted by atomic mass is 35.5. The SMILES string of the molecule is COC(=O)N1CCC(C[C@@H]2COc3cc(S(=O)(=O)NC(=O)c4ccc(N5CCN(CC6=C(c7ccc(Cl)cc7)CC(C)(C)CC6)CC5)cc4Oc4cnc5[nH]ccc5c4)cc([N+](=O)[O-])c3N2)CC1. The van der Waals surface area contributed by atoms with Crippen LogP contribution in [0.2, 0.25) is 5.02 Å². The maximum absolute atomic E-state index is 14.1. The molecule has 1 atom stereocenters. The van der Waals surface area contributed by atoms with E-state index in [1.807, 2.05) is 18.2 Å². The zero-order valence-electron chi connectivity index (χ0n) is 38.3. The molecule has 5 heterocycles. The van der Waals surface area contributed by atoms with Gasteiger partial charge in [-0.1, -0.05) is 43.2 Å². The maximum atomic E-state index is 14.1. The molecule has 3 aromatic carbocycles. The molecule has 2 fully saturated rings. The number of nitro benzene ring substituents is 1. The number of piperidine rings is 1.